The Kier molecular flexibility index (Phi) is 6.61. The summed E-state index contributed by atoms with van der Waals surface area (Å²) < 4.78 is 2.27. The van der Waals surface area contributed by atoms with Crippen molar-refractivity contribution in [1.82, 2.24) is 24.3 Å². The monoisotopic (exact) mass is 369 g/mol. The van der Waals surface area contributed by atoms with E-state index in [2.05, 4.69) is 46.7 Å². The molecule has 2 aromatic rings. The standard InChI is InChI=1S/C21H31N5O/c1-4-19-15-17(8-9-22-19)21(27)26-12-5-7-18(16-26)20-23-10-14-25(20)13-6-11-24(2)3/h8-10,14-15,18H,4-7,11-13,16H2,1-3H3. The Morgan fingerprint density at radius 3 is 2.93 bits per heavy atom. The van der Waals surface area contributed by atoms with Gasteiger partial charge in [0.25, 0.3) is 5.91 Å². The molecule has 0 saturated carbocycles. The van der Waals surface area contributed by atoms with Crippen LogP contribution in [-0.2, 0) is 13.0 Å². The van der Waals surface area contributed by atoms with E-state index in [0.717, 1.165) is 68.9 Å². The van der Waals surface area contributed by atoms with Gasteiger partial charge in [-0.3, -0.25) is 9.78 Å². The van der Waals surface area contributed by atoms with E-state index in [0.29, 0.717) is 5.92 Å². The first-order chi connectivity index (χ1) is 13.1. The summed E-state index contributed by atoms with van der Waals surface area (Å²) in [4.78, 5) is 26.1. The highest BCUT2D eigenvalue weighted by Crippen LogP contribution is 2.27. The molecule has 1 unspecified atom stereocenters. The summed E-state index contributed by atoms with van der Waals surface area (Å²) in [5, 5.41) is 0. The zero-order valence-electron chi connectivity index (χ0n) is 16.8. The Hall–Kier alpha value is -2.21. The van der Waals surface area contributed by atoms with E-state index in [4.69, 9.17) is 0 Å². The predicted molar refractivity (Wildman–Crippen MR) is 107 cm³/mol. The number of carbonyl (C=O) groups excluding carboxylic acids is 1. The molecule has 146 valence electrons. The second-order valence-electron chi connectivity index (χ2n) is 7.62. The van der Waals surface area contributed by atoms with Gasteiger partial charge in [0.1, 0.15) is 5.82 Å². The van der Waals surface area contributed by atoms with Crippen LogP contribution in [0.4, 0.5) is 0 Å². The molecule has 1 aliphatic rings. The van der Waals surface area contributed by atoms with Crippen molar-refractivity contribution < 1.29 is 4.79 Å². The van der Waals surface area contributed by atoms with Crippen molar-refractivity contribution in [2.24, 2.45) is 0 Å². The molecule has 0 spiro atoms. The van der Waals surface area contributed by atoms with Crippen LogP contribution in [0, 0.1) is 0 Å². The van der Waals surface area contributed by atoms with Crippen LogP contribution in [-0.4, -0.2) is 64.0 Å². The van der Waals surface area contributed by atoms with Gasteiger partial charge in [-0.1, -0.05) is 6.92 Å². The number of rotatable bonds is 7. The third kappa shape index (κ3) is 4.95. The first kappa shape index (κ1) is 19.5. The van der Waals surface area contributed by atoms with Gasteiger partial charge < -0.3 is 14.4 Å². The number of amides is 1. The van der Waals surface area contributed by atoms with Gasteiger partial charge in [0, 0.05) is 55.4 Å². The van der Waals surface area contributed by atoms with Gasteiger partial charge in [-0.15, -0.1) is 0 Å². The second kappa shape index (κ2) is 9.13. The van der Waals surface area contributed by atoms with Crippen molar-refractivity contribution in [2.45, 2.75) is 45.1 Å². The Bertz CT molecular complexity index is 755. The topological polar surface area (TPSA) is 54.3 Å². The highest BCUT2D eigenvalue weighted by molar-refractivity contribution is 5.94. The molecule has 27 heavy (non-hydrogen) atoms. The number of aromatic nitrogens is 3. The van der Waals surface area contributed by atoms with E-state index < -0.39 is 0 Å². The lowest BCUT2D eigenvalue weighted by Gasteiger charge is -2.33. The van der Waals surface area contributed by atoms with E-state index in [9.17, 15) is 4.79 Å². The molecule has 0 aromatic carbocycles. The van der Waals surface area contributed by atoms with Crippen LogP contribution in [0.3, 0.4) is 0 Å². The van der Waals surface area contributed by atoms with Crippen LogP contribution in [0.25, 0.3) is 0 Å². The largest absolute Gasteiger partial charge is 0.338 e. The minimum atomic E-state index is 0.113. The Morgan fingerprint density at radius 2 is 2.15 bits per heavy atom. The summed E-state index contributed by atoms with van der Waals surface area (Å²) in [6, 6.07) is 3.75. The van der Waals surface area contributed by atoms with Crippen molar-refractivity contribution >= 4 is 5.91 Å². The molecule has 3 rings (SSSR count). The third-order valence-electron chi connectivity index (χ3n) is 5.25. The lowest BCUT2D eigenvalue weighted by Crippen LogP contribution is -2.39. The van der Waals surface area contributed by atoms with E-state index >= 15 is 0 Å². The zero-order chi connectivity index (χ0) is 19.2. The van der Waals surface area contributed by atoms with Gasteiger partial charge in [-0.2, -0.15) is 0 Å². The fourth-order valence-corrected chi connectivity index (χ4v) is 3.79. The van der Waals surface area contributed by atoms with Crippen LogP contribution in [0.5, 0.6) is 0 Å². The smallest absolute Gasteiger partial charge is 0.253 e. The molecule has 0 bridgehead atoms. The van der Waals surface area contributed by atoms with Crippen LogP contribution in [0.1, 0.15) is 54.0 Å². The van der Waals surface area contributed by atoms with Crippen LogP contribution in [0.2, 0.25) is 0 Å². The van der Waals surface area contributed by atoms with E-state index in [1.807, 2.05) is 23.2 Å². The summed E-state index contributed by atoms with van der Waals surface area (Å²) in [6.45, 7) is 5.66. The first-order valence-corrected chi connectivity index (χ1v) is 9.98. The number of pyridine rings is 1. The van der Waals surface area contributed by atoms with E-state index in [1.54, 1.807) is 6.20 Å². The van der Waals surface area contributed by atoms with Crippen molar-refractivity contribution in [3.05, 3.63) is 47.8 Å². The van der Waals surface area contributed by atoms with Crippen LogP contribution >= 0.6 is 0 Å². The maximum atomic E-state index is 13.0. The molecular formula is C21H31N5O. The maximum absolute atomic E-state index is 13.0. The van der Waals surface area contributed by atoms with Gasteiger partial charge in [-0.25, -0.2) is 4.98 Å². The molecular weight excluding hydrogens is 338 g/mol. The quantitative estimate of drug-likeness (QED) is 0.753. The molecule has 1 atom stereocenters. The van der Waals surface area contributed by atoms with Crippen molar-refractivity contribution in [3.8, 4) is 0 Å². The summed E-state index contributed by atoms with van der Waals surface area (Å²) >= 11 is 0. The van der Waals surface area contributed by atoms with Crippen molar-refractivity contribution in [1.29, 1.82) is 0 Å². The number of hydrogen-bond donors (Lipinski definition) is 0. The molecule has 1 aliphatic heterocycles. The molecule has 1 amide bonds. The van der Waals surface area contributed by atoms with E-state index in [1.165, 1.54) is 0 Å². The Morgan fingerprint density at radius 1 is 1.30 bits per heavy atom. The second-order valence-corrected chi connectivity index (χ2v) is 7.62. The summed E-state index contributed by atoms with van der Waals surface area (Å²) in [6.07, 6.45) is 9.75. The molecule has 0 radical (unpaired) electrons. The number of imidazole rings is 1. The number of nitrogens with zero attached hydrogens (tertiary/aromatic N) is 5. The molecule has 6 nitrogen and oxygen atoms in total. The number of hydrogen-bond acceptors (Lipinski definition) is 4. The molecule has 3 heterocycles. The fourth-order valence-electron chi connectivity index (χ4n) is 3.79. The highest BCUT2D eigenvalue weighted by Gasteiger charge is 2.28. The van der Waals surface area contributed by atoms with E-state index in [-0.39, 0.29) is 5.91 Å². The average molecular weight is 370 g/mol. The molecule has 0 aliphatic carbocycles. The first-order valence-electron chi connectivity index (χ1n) is 9.98. The predicted octanol–water partition coefficient (Wildman–Crippen LogP) is 2.81. The number of aryl methyl sites for hydroxylation is 2. The number of piperidine rings is 1. The zero-order valence-corrected chi connectivity index (χ0v) is 16.8. The lowest BCUT2D eigenvalue weighted by atomic mass is 9.96. The van der Waals surface area contributed by atoms with Gasteiger partial charge in [0.05, 0.1) is 0 Å². The van der Waals surface area contributed by atoms with Crippen molar-refractivity contribution in [3.63, 3.8) is 0 Å². The lowest BCUT2D eigenvalue weighted by molar-refractivity contribution is 0.0703. The fraction of sp³-hybridized carbons (Fsp3) is 0.571. The molecule has 1 saturated heterocycles. The van der Waals surface area contributed by atoms with Crippen LogP contribution in [0.15, 0.2) is 30.7 Å². The Balaban J connectivity index is 1.67. The van der Waals surface area contributed by atoms with Crippen molar-refractivity contribution in [2.75, 3.05) is 33.7 Å². The Labute approximate surface area is 162 Å². The normalized spacial score (nSPS) is 17.5. The average Bonchev–Trinajstić information content (AvgIpc) is 3.16. The molecule has 0 N–H and O–H groups in total. The van der Waals surface area contributed by atoms with Gasteiger partial charge in [0.2, 0.25) is 0 Å². The summed E-state index contributed by atoms with van der Waals surface area (Å²) in [5.41, 5.74) is 1.71. The highest BCUT2D eigenvalue weighted by atomic mass is 16.2. The SMILES string of the molecule is CCc1cc(C(=O)N2CCCC(c3nccn3CCCN(C)C)C2)ccn1. The number of carbonyl (C=O) groups is 1. The maximum Gasteiger partial charge on any atom is 0.253 e. The van der Waals surface area contributed by atoms with Gasteiger partial charge in [0.15, 0.2) is 0 Å². The van der Waals surface area contributed by atoms with Gasteiger partial charge >= 0.3 is 0 Å². The molecule has 2 aromatic heterocycles. The third-order valence-corrected chi connectivity index (χ3v) is 5.25. The van der Waals surface area contributed by atoms with Gasteiger partial charge in [-0.05, 0) is 58.5 Å². The summed E-state index contributed by atoms with van der Waals surface area (Å²) in [7, 11) is 4.20. The molecule has 1 fully saturated rings. The minimum absolute atomic E-state index is 0.113. The molecule has 6 heteroatoms. The summed E-state index contributed by atoms with van der Waals surface area (Å²) in [5.74, 6) is 1.54. The minimum Gasteiger partial charge on any atom is -0.338 e. The van der Waals surface area contributed by atoms with Crippen LogP contribution < -0.4 is 0 Å². The number of likely N-dealkylation sites (tertiary alicyclic amines) is 1.